The SMILES string of the molecule is Nc1c(Br)ccc(C(O)C(=O)O)c1OC(F)(F)F. The molecular formula is C9H7BrF3NO4. The number of nitrogens with two attached hydrogens (primary N) is 1. The average molecular weight is 330 g/mol. The lowest BCUT2D eigenvalue weighted by atomic mass is 10.1. The Morgan fingerprint density at radius 1 is 1.44 bits per heavy atom. The van der Waals surface area contributed by atoms with E-state index in [-0.39, 0.29) is 4.47 Å². The van der Waals surface area contributed by atoms with E-state index in [1.54, 1.807) is 0 Å². The minimum Gasteiger partial charge on any atom is -0.479 e. The van der Waals surface area contributed by atoms with Crippen molar-refractivity contribution in [1.82, 2.24) is 0 Å². The number of carboxylic acids is 1. The van der Waals surface area contributed by atoms with Crippen LogP contribution in [0.25, 0.3) is 0 Å². The van der Waals surface area contributed by atoms with Gasteiger partial charge in [-0.3, -0.25) is 0 Å². The molecule has 0 saturated heterocycles. The van der Waals surface area contributed by atoms with Crippen molar-refractivity contribution in [2.45, 2.75) is 12.5 Å². The van der Waals surface area contributed by atoms with Gasteiger partial charge in [0.15, 0.2) is 11.9 Å². The summed E-state index contributed by atoms with van der Waals surface area (Å²) in [5.41, 5.74) is 4.32. The number of nitrogen functional groups attached to an aromatic ring is 1. The van der Waals surface area contributed by atoms with Crippen molar-refractivity contribution in [3.05, 3.63) is 22.2 Å². The van der Waals surface area contributed by atoms with E-state index in [0.29, 0.717) is 0 Å². The minimum atomic E-state index is -5.05. The van der Waals surface area contributed by atoms with Gasteiger partial charge in [-0.2, -0.15) is 0 Å². The van der Waals surface area contributed by atoms with Gasteiger partial charge in [0.2, 0.25) is 0 Å². The predicted octanol–water partition coefficient (Wildman–Crippen LogP) is 2.05. The highest BCUT2D eigenvalue weighted by molar-refractivity contribution is 9.10. The predicted molar refractivity (Wildman–Crippen MR) is 57.8 cm³/mol. The summed E-state index contributed by atoms with van der Waals surface area (Å²) in [6.45, 7) is 0. The molecule has 4 N–H and O–H groups in total. The number of aliphatic carboxylic acids is 1. The maximum absolute atomic E-state index is 12.2. The molecule has 1 rings (SSSR count). The molecule has 0 saturated carbocycles. The summed E-state index contributed by atoms with van der Waals surface area (Å²) in [6.07, 6.45) is -7.22. The number of carboxylic acid groups (broad SMARTS) is 1. The van der Waals surface area contributed by atoms with Gasteiger partial charge in [0.1, 0.15) is 0 Å². The van der Waals surface area contributed by atoms with Crippen LogP contribution >= 0.6 is 15.9 Å². The zero-order chi connectivity index (χ0) is 14.1. The summed E-state index contributed by atoms with van der Waals surface area (Å²) in [4.78, 5) is 10.6. The van der Waals surface area contributed by atoms with Gasteiger partial charge in [-0.15, -0.1) is 13.2 Å². The molecule has 1 atom stereocenters. The van der Waals surface area contributed by atoms with Crippen LogP contribution in [-0.2, 0) is 4.79 Å². The van der Waals surface area contributed by atoms with E-state index in [0.717, 1.165) is 6.07 Å². The minimum absolute atomic E-state index is 0.0862. The Labute approximate surface area is 107 Å². The molecule has 1 unspecified atom stereocenters. The number of carbonyl (C=O) groups is 1. The van der Waals surface area contributed by atoms with Crippen LogP contribution < -0.4 is 10.5 Å². The topological polar surface area (TPSA) is 92.8 Å². The van der Waals surface area contributed by atoms with Crippen LogP contribution in [0.15, 0.2) is 16.6 Å². The largest absolute Gasteiger partial charge is 0.573 e. The summed E-state index contributed by atoms with van der Waals surface area (Å²) >= 11 is 2.87. The van der Waals surface area contributed by atoms with E-state index >= 15 is 0 Å². The van der Waals surface area contributed by atoms with Crippen molar-refractivity contribution in [3.8, 4) is 5.75 Å². The lowest BCUT2D eigenvalue weighted by molar-refractivity contribution is -0.274. The van der Waals surface area contributed by atoms with Gasteiger partial charge in [-0.25, -0.2) is 4.79 Å². The van der Waals surface area contributed by atoms with Gasteiger partial charge in [0.05, 0.1) is 5.69 Å². The van der Waals surface area contributed by atoms with E-state index in [9.17, 15) is 23.1 Å². The van der Waals surface area contributed by atoms with Gasteiger partial charge >= 0.3 is 12.3 Å². The second-order valence-corrected chi connectivity index (χ2v) is 4.02. The summed E-state index contributed by atoms with van der Waals surface area (Å²) in [5.74, 6) is -2.66. The molecule has 0 heterocycles. The second kappa shape index (κ2) is 5.02. The lowest BCUT2D eigenvalue weighted by Crippen LogP contribution is -2.21. The van der Waals surface area contributed by atoms with Gasteiger partial charge in [-0.05, 0) is 22.0 Å². The Bertz CT molecular complexity index is 478. The van der Waals surface area contributed by atoms with Crippen molar-refractivity contribution in [2.24, 2.45) is 0 Å². The lowest BCUT2D eigenvalue weighted by Gasteiger charge is -2.17. The third-order valence-electron chi connectivity index (χ3n) is 1.92. The molecule has 0 amide bonds. The standard InChI is InChI=1S/C9H7BrF3NO4/c10-4-2-1-3(6(15)8(16)17)7(5(4)14)18-9(11,12)13/h1-2,6,15H,14H2,(H,16,17). The smallest absolute Gasteiger partial charge is 0.479 e. The third kappa shape index (κ3) is 3.26. The van der Waals surface area contributed by atoms with Gasteiger partial charge in [-0.1, -0.05) is 6.07 Å². The molecule has 0 fully saturated rings. The van der Waals surface area contributed by atoms with E-state index in [1.165, 1.54) is 6.07 Å². The molecule has 1 aromatic rings. The molecule has 100 valence electrons. The first-order chi connectivity index (χ1) is 8.13. The highest BCUT2D eigenvalue weighted by atomic mass is 79.9. The molecule has 0 aliphatic rings. The first kappa shape index (κ1) is 14.6. The van der Waals surface area contributed by atoms with E-state index in [4.69, 9.17) is 10.8 Å². The fourth-order valence-corrected chi connectivity index (χ4v) is 1.48. The molecule has 1 aromatic carbocycles. The molecule has 0 radical (unpaired) electrons. The molecular weight excluding hydrogens is 323 g/mol. The third-order valence-corrected chi connectivity index (χ3v) is 2.61. The number of aliphatic hydroxyl groups is 1. The molecule has 0 aliphatic carbocycles. The van der Waals surface area contributed by atoms with Crippen molar-refractivity contribution in [2.75, 3.05) is 5.73 Å². The Morgan fingerprint density at radius 3 is 2.44 bits per heavy atom. The van der Waals surface area contributed by atoms with E-state index in [2.05, 4.69) is 20.7 Å². The van der Waals surface area contributed by atoms with Crippen molar-refractivity contribution < 1.29 is 32.9 Å². The fraction of sp³-hybridized carbons (Fsp3) is 0.222. The number of aliphatic hydroxyl groups excluding tert-OH is 1. The normalized spacial score (nSPS) is 13.2. The van der Waals surface area contributed by atoms with Gasteiger partial charge < -0.3 is 20.7 Å². The average Bonchev–Trinajstić information content (AvgIpc) is 2.22. The molecule has 0 spiro atoms. The Kier molecular flexibility index (Phi) is 4.07. The maximum atomic E-state index is 12.2. The van der Waals surface area contributed by atoms with Crippen molar-refractivity contribution in [3.63, 3.8) is 0 Å². The van der Waals surface area contributed by atoms with Crippen LogP contribution in [-0.4, -0.2) is 22.5 Å². The summed E-state index contributed by atoms with van der Waals surface area (Å²) < 4.78 is 40.2. The number of hydrogen-bond acceptors (Lipinski definition) is 4. The molecule has 5 nitrogen and oxygen atoms in total. The zero-order valence-corrected chi connectivity index (χ0v) is 10.1. The van der Waals surface area contributed by atoms with Crippen LogP contribution in [0.3, 0.4) is 0 Å². The molecule has 0 bridgehead atoms. The van der Waals surface area contributed by atoms with Gasteiger partial charge in [0.25, 0.3) is 0 Å². The molecule has 0 aliphatic heterocycles. The molecule has 0 aromatic heterocycles. The van der Waals surface area contributed by atoms with E-state index < -0.39 is 35.4 Å². The Balaban J connectivity index is 3.34. The van der Waals surface area contributed by atoms with Gasteiger partial charge in [0, 0.05) is 10.0 Å². The summed E-state index contributed by atoms with van der Waals surface area (Å²) in [7, 11) is 0. The van der Waals surface area contributed by atoms with Crippen LogP contribution in [0.5, 0.6) is 5.75 Å². The number of halogens is 4. The summed E-state index contributed by atoms with van der Waals surface area (Å²) in [5, 5.41) is 17.9. The quantitative estimate of drug-likeness (QED) is 0.738. The van der Waals surface area contributed by atoms with Crippen molar-refractivity contribution >= 4 is 27.6 Å². The highest BCUT2D eigenvalue weighted by Crippen LogP contribution is 2.39. The molecule has 18 heavy (non-hydrogen) atoms. The maximum Gasteiger partial charge on any atom is 0.573 e. The number of ether oxygens (including phenoxy) is 1. The van der Waals surface area contributed by atoms with Crippen LogP contribution in [0.4, 0.5) is 18.9 Å². The number of alkyl halides is 3. The Morgan fingerprint density at radius 2 is 2.00 bits per heavy atom. The number of benzene rings is 1. The first-order valence-electron chi connectivity index (χ1n) is 4.38. The molecule has 9 heteroatoms. The van der Waals surface area contributed by atoms with Crippen LogP contribution in [0.1, 0.15) is 11.7 Å². The number of anilines is 1. The van der Waals surface area contributed by atoms with E-state index in [1.807, 2.05) is 0 Å². The van der Waals surface area contributed by atoms with Crippen LogP contribution in [0.2, 0.25) is 0 Å². The van der Waals surface area contributed by atoms with Crippen molar-refractivity contribution in [1.29, 1.82) is 0 Å². The Hall–Kier alpha value is -1.48. The summed E-state index contributed by atoms with van der Waals surface area (Å²) in [6, 6.07) is 2.18. The number of rotatable bonds is 3. The number of hydrogen-bond donors (Lipinski definition) is 3. The second-order valence-electron chi connectivity index (χ2n) is 3.17. The highest BCUT2D eigenvalue weighted by Gasteiger charge is 2.35. The first-order valence-corrected chi connectivity index (χ1v) is 5.17. The monoisotopic (exact) mass is 329 g/mol. The van der Waals surface area contributed by atoms with Crippen LogP contribution in [0, 0.1) is 0 Å². The zero-order valence-electron chi connectivity index (χ0n) is 8.53. The fourth-order valence-electron chi connectivity index (χ4n) is 1.17.